The number of rotatable bonds is 5. The number of carbonyl (C=O) groups is 2. The number of primary amides is 2. The molecule has 0 bridgehead atoms. The molecule has 0 unspecified atom stereocenters. The molecule has 0 spiro atoms. The van der Waals surface area contributed by atoms with Crippen LogP contribution in [0.25, 0.3) is 22.0 Å². The lowest BCUT2D eigenvalue weighted by molar-refractivity contribution is -0.141. The van der Waals surface area contributed by atoms with Crippen LogP contribution in [0.4, 0.5) is 13.2 Å². The van der Waals surface area contributed by atoms with Gasteiger partial charge in [-0.05, 0) is 13.0 Å². The first-order chi connectivity index (χ1) is 15.1. The average Bonchev–Trinajstić information content (AvgIpc) is 3.34. The lowest BCUT2D eigenvalue weighted by Crippen LogP contribution is -2.21. The second-order valence-electron chi connectivity index (χ2n) is 6.85. The van der Waals surface area contributed by atoms with Crippen molar-refractivity contribution in [3.63, 3.8) is 0 Å². The van der Waals surface area contributed by atoms with Crippen LogP contribution in [0.5, 0.6) is 0 Å². The number of aromatic nitrogens is 4. The maximum absolute atomic E-state index is 14.0. The molecule has 2 amide bonds. The van der Waals surface area contributed by atoms with E-state index in [2.05, 4.69) is 15.1 Å². The van der Waals surface area contributed by atoms with Crippen molar-refractivity contribution in [2.75, 3.05) is 0 Å². The predicted molar refractivity (Wildman–Crippen MR) is 105 cm³/mol. The minimum atomic E-state index is -4.93. The molecule has 0 saturated heterocycles. The van der Waals surface area contributed by atoms with Crippen LogP contribution in [0, 0.1) is 6.92 Å². The Balaban J connectivity index is 2.13. The van der Waals surface area contributed by atoms with Crippen LogP contribution in [0.1, 0.15) is 38.1 Å². The van der Waals surface area contributed by atoms with E-state index in [-0.39, 0.29) is 34.6 Å². The Kier molecular flexibility index (Phi) is 4.92. The number of nitrogens with zero attached hydrogens (tertiary/aromatic N) is 4. The summed E-state index contributed by atoms with van der Waals surface area (Å²) in [6.07, 6.45) is -2.33. The van der Waals surface area contributed by atoms with Crippen LogP contribution >= 0.6 is 0 Å². The molecule has 0 fully saturated rings. The van der Waals surface area contributed by atoms with Crippen LogP contribution < -0.4 is 11.5 Å². The maximum Gasteiger partial charge on any atom is 0.435 e. The number of hydrogen-bond acceptors (Lipinski definition) is 6. The van der Waals surface area contributed by atoms with Gasteiger partial charge in [-0.1, -0.05) is 18.2 Å². The maximum atomic E-state index is 14.0. The molecule has 0 radical (unpaired) electrons. The third-order valence-corrected chi connectivity index (χ3v) is 4.87. The van der Waals surface area contributed by atoms with Crippen LogP contribution in [-0.2, 0) is 12.7 Å². The molecule has 0 saturated carbocycles. The molecule has 3 heterocycles. The fraction of sp³-hybridized carbons (Fsp3) is 0.150. The van der Waals surface area contributed by atoms with E-state index in [1.165, 1.54) is 31.5 Å². The molecule has 164 valence electrons. The van der Waals surface area contributed by atoms with Crippen molar-refractivity contribution in [3.05, 3.63) is 65.3 Å². The molecule has 4 rings (SSSR count). The minimum absolute atomic E-state index is 0.0161. The third-order valence-electron chi connectivity index (χ3n) is 4.87. The number of carbonyl (C=O) groups excluding carboxylic acids is 2. The highest BCUT2D eigenvalue weighted by atomic mass is 19.4. The Morgan fingerprint density at radius 1 is 1.12 bits per heavy atom. The Hall–Kier alpha value is -4.22. The topological polar surface area (TPSA) is 143 Å². The Morgan fingerprint density at radius 3 is 2.44 bits per heavy atom. The molecule has 0 aliphatic heterocycles. The van der Waals surface area contributed by atoms with Crippen LogP contribution in [0.15, 0.2) is 41.1 Å². The molecule has 4 N–H and O–H groups in total. The molecule has 0 aliphatic carbocycles. The largest absolute Gasteiger partial charge is 0.447 e. The van der Waals surface area contributed by atoms with Gasteiger partial charge >= 0.3 is 6.18 Å². The SMILES string of the molecule is Cc1c(-c2c(C(N)=O)nc3ccccc3c2C(N)=O)c(C(F)(F)F)nn1Cc1ncco1. The van der Waals surface area contributed by atoms with E-state index >= 15 is 0 Å². The van der Waals surface area contributed by atoms with Gasteiger partial charge in [-0.15, -0.1) is 0 Å². The van der Waals surface area contributed by atoms with Gasteiger partial charge in [0.1, 0.15) is 18.5 Å². The fourth-order valence-corrected chi connectivity index (χ4v) is 3.55. The van der Waals surface area contributed by atoms with Gasteiger partial charge in [-0.25, -0.2) is 9.97 Å². The van der Waals surface area contributed by atoms with Gasteiger partial charge in [0.05, 0.1) is 17.3 Å². The normalized spacial score (nSPS) is 11.8. The highest BCUT2D eigenvalue weighted by Gasteiger charge is 2.41. The zero-order chi connectivity index (χ0) is 23.2. The molecule has 9 nitrogen and oxygen atoms in total. The van der Waals surface area contributed by atoms with Gasteiger partial charge in [0, 0.05) is 22.2 Å². The van der Waals surface area contributed by atoms with E-state index in [0.29, 0.717) is 0 Å². The highest BCUT2D eigenvalue weighted by Crippen LogP contribution is 2.42. The zero-order valence-electron chi connectivity index (χ0n) is 16.5. The lowest BCUT2D eigenvalue weighted by Gasteiger charge is -2.15. The first-order valence-electron chi connectivity index (χ1n) is 9.15. The van der Waals surface area contributed by atoms with Crippen molar-refractivity contribution in [3.8, 4) is 11.1 Å². The van der Waals surface area contributed by atoms with E-state index in [1.54, 1.807) is 12.1 Å². The quantitative estimate of drug-likeness (QED) is 0.484. The molecule has 3 aromatic heterocycles. The molecule has 4 aromatic rings. The molecule has 0 atom stereocenters. The standard InChI is InChI=1S/C20H15F3N6O3/c1-9-13(17(20(21,22)23)28-29(9)8-12-26-6-7-32-12)15-14(18(24)30)10-4-2-3-5-11(10)27-16(15)19(25)31/h2-7H,8H2,1H3,(H2,24,30)(H2,25,31). The average molecular weight is 444 g/mol. The van der Waals surface area contributed by atoms with E-state index in [1.807, 2.05) is 0 Å². The van der Waals surface area contributed by atoms with Crippen molar-refractivity contribution in [1.82, 2.24) is 19.7 Å². The van der Waals surface area contributed by atoms with Crippen molar-refractivity contribution in [1.29, 1.82) is 0 Å². The monoisotopic (exact) mass is 444 g/mol. The summed E-state index contributed by atoms with van der Waals surface area (Å²) in [5.74, 6) is -2.06. The molecular formula is C20H15F3N6O3. The summed E-state index contributed by atoms with van der Waals surface area (Å²) in [6.45, 7) is 1.13. The van der Waals surface area contributed by atoms with Crippen molar-refractivity contribution in [2.45, 2.75) is 19.6 Å². The lowest BCUT2D eigenvalue weighted by atomic mass is 9.92. The van der Waals surface area contributed by atoms with Gasteiger partial charge in [-0.2, -0.15) is 18.3 Å². The van der Waals surface area contributed by atoms with Crippen molar-refractivity contribution in [2.24, 2.45) is 11.5 Å². The number of para-hydroxylation sites is 1. The van der Waals surface area contributed by atoms with Crippen LogP contribution in [0.2, 0.25) is 0 Å². The Bertz CT molecular complexity index is 1360. The van der Waals surface area contributed by atoms with Gasteiger partial charge < -0.3 is 15.9 Å². The van der Waals surface area contributed by atoms with Crippen LogP contribution in [0.3, 0.4) is 0 Å². The summed E-state index contributed by atoms with van der Waals surface area (Å²) in [4.78, 5) is 32.7. The number of alkyl halides is 3. The highest BCUT2D eigenvalue weighted by molar-refractivity contribution is 6.15. The smallest absolute Gasteiger partial charge is 0.435 e. The Morgan fingerprint density at radius 2 is 1.84 bits per heavy atom. The number of pyridine rings is 1. The molecule has 0 aliphatic rings. The first-order valence-corrected chi connectivity index (χ1v) is 9.15. The van der Waals surface area contributed by atoms with Gasteiger partial charge in [0.25, 0.3) is 5.91 Å². The van der Waals surface area contributed by atoms with Crippen molar-refractivity contribution >= 4 is 22.7 Å². The van der Waals surface area contributed by atoms with Gasteiger partial charge in [-0.3, -0.25) is 14.3 Å². The first kappa shape index (κ1) is 21.0. The van der Waals surface area contributed by atoms with E-state index in [0.717, 1.165) is 4.68 Å². The fourth-order valence-electron chi connectivity index (χ4n) is 3.55. The third kappa shape index (κ3) is 3.45. The van der Waals surface area contributed by atoms with Crippen LogP contribution in [-0.4, -0.2) is 31.6 Å². The number of nitrogens with two attached hydrogens (primary N) is 2. The Labute approximate surface area is 177 Å². The van der Waals surface area contributed by atoms with Gasteiger partial charge in [0.2, 0.25) is 11.8 Å². The number of amides is 2. The summed E-state index contributed by atoms with van der Waals surface area (Å²) >= 11 is 0. The molecule has 12 heteroatoms. The number of fused-ring (bicyclic) bond motifs is 1. The van der Waals surface area contributed by atoms with Gasteiger partial charge in [0.15, 0.2) is 5.69 Å². The summed E-state index contributed by atoms with van der Waals surface area (Å²) in [5, 5.41) is 3.85. The summed E-state index contributed by atoms with van der Waals surface area (Å²) in [7, 11) is 0. The number of oxazole rings is 1. The second kappa shape index (κ2) is 7.48. The zero-order valence-corrected chi connectivity index (χ0v) is 16.5. The number of halogens is 3. The molecule has 1 aromatic carbocycles. The van der Waals surface area contributed by atoms with E-state index in [9.17, 15) is 22.8 Å². The van der Waals surface area contributed by atoms with Crippen molar-refractivity contribution < 1.29 is 27.2 Å². The summed E-state index contributed by atoms with van der Waals surface area (Å²) < 4.78 is 48.2. The summed E-state index contributed by atoms with van der Waals surface area (Å²) in [5.41, 5.74) is 8.06. The number of hydrogen-bond donors (Lipinski definition) is 2. The minimum Gasteiger partial charge on any atom is -0.447 e. The van der Waals surface area contributed by atoms with E-state index < -0.39 is 40.5 Å². The predicted octanol–water partition coefficient (Wildman–Crippen LogP) is 2.66. The van der Waals surface area contributed by atoms with E-state index in [4.69, 9.17) is 15.9 Å². The number of benzene rings is 1. The molecular weight excluding hydrogens is 429 g/mol. The molecule has 32 heavy (non-hydrogen) atoms. The second-order valence-corrected chi connectivity index (χ2v) is 6.85. The summed E-state index contributed by atoms with van der Waals surface area (Å²) in [6, 6.07) is 6.11.